The molecule has 0 N–H and O–H groups in total. The van der Waals surface area contributed by atoms with Gasteiger partial charge in [-0.1, -0.05) is 142 Å². The van der Waals surface area contributed by atoms with Crippen molar-refractivity contribution >= 4 is 11.9 Å². The molecule has 0 aromatic rings. The normalized spacial score (nSPS) is 11.3. The van der Waals surface area contributed by atoms with E-state index in [0.717, 1.165) is 25.7 Å². The van der Waals surface area contributed by atoms with Gasteiger partial charge < -0.3 is 33.2 Å². The molecule has 292 valence electrons. The fraction of sp³-hybridized carbons (Fsp3) is 0.950. The maximum Gasteiger partial charge on any atom is 0.305 e. The fourth-order valence-electron chi connectivity index (χ4n) is 5.42. The average Bonchev–Trinajstić information content (AvgIpc) is 3.10. The third-order valence-electron chi connectivity index (χ3n) is 8.44. The lowest BCUT2D eigenvalue weighted by Gasteiger charge is -2.09. The van der Waals surface area contributed by atoms with Crippen LogP contribution in [-0.2, 0) is 42.7 Å². The van der Waals surface area contributed by atoms with E-state index in [0.29, 0.717) is 85.5 Å². The number of carbonyl (C=O) groups excluding carboxylic acids is 2. The monoisotopic (exact) mass is 703 g/mol. The molecule has 0 bridgehead atoms. The second-order valence-corrected chi connectivity index (χ2v) is 13.1. The lowest BCUT2D eigenvalue weighted by molar-refractivity contribution is -0.146. The first-order chi connectivity index (χ1) is 24.2. The highest BCUT2D eigenvalue weighted by molar-refractivity contribution is 5.69. The van der Waals surface area contributed by atoms with Crippen LogP contribution in [0.25, 0.3) is 0 Å². The summed E-state index contributed by atoms with van der Waals surface area (Å²) in [7, 11) is 0. The zero-order chi connectivity index (χ0) is 35.6. The highest BCUT2D eigenvalue weighted by Gasteiger charge is 2.04. The van der Waals surface area contributed by atoms with Crippen molar-refractivity contribution in [1.82, 2.24) is 0 Å². The van der Waals surface area contributed by atoms with E-state index < -0.39 is 0 Å². The summed E-state index contributed by atoms with van der Waals surface area (Å²) >= 11 is 0. The first kappa shape index (κ1) is 47.7. The molecule has 0 aliphatic carbocycles. The summed E-state index contributed by atoms with van der Waals surface area (Å²) in [6.45, 7) is 9.65. The minimum absolute atomic E-state index is 0.131. The van der Waals surface area contributed by atoms with E-state index in [1.165, 1.54) is 116 Å². The number of carbonyl (C=O) groups is 2. The molecule has 0 atom stereocenters. The Kier molecular flexibility index (Phi) is 41.8. The van der Waals surface area contributed by atoms with Crippen molar-refractivity contribution in [3.8, 4) is 0 Å². The summed E-state index contributed by atoms with van der Waals surface area (Å²) in [5, 5.41) is 0. The summed E-state index contributed by atoms with van der Waals surface area (Å²) in [6.07, 6.45) is 29.0. The summed E-state index contributed by atoms with van der Waals surface area (Å²) in [4.78, 5) is 23.6. The molecule has 49 heavy (non-hydrogen) atoms. The van der Waals surface area contributed by atoms with E-state index >= 15 is 0 Å². The second-order valence-electron chi connectivity index (χ2n) is 13.1. The van der Waals surface area contributed by atoms with Crippen LogP contribution in [0.2, 0.25) is 0 Å². The number of unbranched alkanes of at least 4 members (excludes halogenated alkanes) is 20. The Morgan fingerprint density at radius 2 is 0.490 bits per heavy atom. The lowest BCUT2D eigenvalue weighted by Crippen LogP contribution is -2.15. The number of ether oxygens (including phenoxy) is 7. The zero-order valence-corrected chi connectivity index (χ0v) is 32.1. The molecule has 0 aromatic heterocycles. The number of esters is 2. The molecule has 0 heterocycles. The molecule has 0 aliphatic rings. The lowest BCUT2D eigenvalue weighted by atomic mass is 10.0. The van der Waals surface area contributed by atoms with Crippen molar-refractivity contribution in [2.24, 2.45) is 0 Å². The van der Waals surface area contributed by atoms with E-state index in [1.54, 1.807) is 0 Å². The van der Waals surface area contributed by atoms with Gasteiger partial charge >= 0.3 is 11.9 Å². The van der Waals surface area contributed by atoms with Crippen molar-refractivity contribution < 1.29 is 42.7 Å². The quantitative estimate of drug-likeness (QED) is 0.0455. The van der Waals surface area contributed by atoms with Crippen molar-refractivity contribution in [3.05, 3.63) is 0 Å². The molecular formula is C40H78O9. The Morgan fingerprint density at radius 1 is 0.286 bits per heavy atom. The fourth-order valence-corrected chi connectivity index (χ4v) is 5.42. The summed E-state index contributed by atoms with van der Waals surface area (Å²) < 4.78 is 37.8. The van der Waals surface area contributed by atoms with Crippen LogP contribution in [0.15, 0.2) is 0 Å². The third-order valence-corrected chi connectivity index (χ3v) is 8.44. The largest absolute Gasteiger partial charge is 0.463 e. The molecule has 0 unspecified atom stereocenters. The molecule has 0 radical (unpaired) electrons. The minimum atomic E-state index is -0.135. The van der Waals surface area contributed by atoms with Crippen LogP contribution in [0.5, 0.6) is 0 Å². The van der Waals surface area contributed by atoms with Gasteiger partial charge in [-0.2, -0.15) is 0 Å². The van der Waals surface area contributed by atoms with Gasteiger partial charge in [0.1, 0.15) is 13.2 Å². The van der Waals surface area contributed by atoms with E-state index in [2.05, 4.69) is 13.8 Å². The van der Waals surface area contributed by atoms with Crippen LogP contribution in [0.4, 0.5) is 0 Å². The molecule has 0 amide bonds. The van der Waals surface area contributed by atoms with Crippen molar-refractivity contribution in [3.63, 3.8) is 0 Å². The molecule has 9 nitrogen and oxygen atoms in total. The highest BCUT2D eigenvalue weighted by Crippen LogP contribution is 2.13. The topological polar surface area (TPSA) is 98.8 Å². The summed E-state index contributed by atoms with van der Waals surface area (Å²) in [5.41, 5.74) is 0. The predicted molar refractivity (Wildman–Crippen MR) is 198 cm³/mol. The highest BCUT2D eigenvalue weighted by atomic mass is 16.6. The molecule has 0 aromatic carbocycles. The smallest absolute Gasteiger partial charge is 0.305 e. The Morgan fingerprint density at radius 3 is 0.735 bits per heavy atom. The summed E-state index contributed by atoms with van der Waals surface area (Å²) in [5.74, 6) is -0.265. The molecular weight excluding hydrogens is 624 g/mol. The first-order valence-electron chi connectivity index (χ1n) is 20.4. The van der Waals surface area contributed by atoms with Gasteiger partial charge in [-0.05, 0) is 12.8 Å². The van der Waals surface area contributed by atoms with Crippen molar-refractivity contribution in [2.75, 3.05) is 79.3 Å². The Labute approximate surface area is 301 Å². The van der Waals surface area contributed by atoms with Gasteiger partial charge in [0.2, 0.25) is 0 Å². The van der Waals surface area contributed by atoms with Crippen molar-refractivity contribution in [1.29, 1.82) is 0 Å². The van der Waals surface area contributed by atoms with Crippen LogP contribution < -0.4 is 0 Å². The minimum Gasteiger partial charge on any atom is -0.463 e. The first-order valence-corrected chi connectivity index (χ1v) is 20.4. The van der Waals surface area contributed by atoms with E-state index in [9.17, 15) is 9.59 Å². The van der Waals surface area contributed by atoms with Gasteiger partial charge in [-0.25, -0.2) is 0 Å². The van der Waals surface area contributed by atoms with Gasteiger partial charge in [0.05, 0.1) is 66.1 Å². The number of hydrogen-bond donors (Lipinski definition) is 0. The van der Waals surface area contributed by atoms with Gasteiger partial charge in [0.25, 0.3) is 0 Å². The van der Waals surface area contributed by atoms with Crippen LogP contribution in [-0.4, -0.2) is 91.2 Å². The Bertz CT molecular complexity index is 662. The standard InChI is InChI=1S/C40H78O9/c1-3-5-7-9-11-13-14-15-16-18-20-22-24-26-40(42)49-38-36-47-34-32-45-30-28-43-27-29-44-31-33-46-35-37-48-39(41)25-23-21-19-17-12-10-8-6-4-2/h3-38H2,1-2H3. The molecule has 0 aliphatic heterocycles. The number of hydrogen-bond acceptors (Lipinski definition) is 9. The molecule has 0 spiro atoms. The van der Waals surface area contributed by atoms with Crippen LogP contribution in [0.3, 0.4) is 0 Å². The maximum atomic E-state index is 11.9. The molecule has 0 fully saturated rings. The average molecular weight is 703 g/mol. The van der Waals surface area contributed by atoms with Crippen LogP contribution in [0, 0.1) is 0 Å². The number of rotatable bonds is 42. The van der Waals surface area contributed by atoms with Crippen LogP contribution in [0.1, 0.15) is 168 Å². The van der Waals surface area contributed by atoms with Gasteiger partial charge in [-0.15, -0.1) is 0 Å². The van der Waals surface area contributed by atoms with Gasteiger partial charge in [0, 0.05) is 12.8 Å². The van der Waals surface area contributed by atoms with Gasteiger partial charge in [-0.3, -0.25) is 9.59 Å². The van der Waals surface area contributed by atoms with Gasteiger partial charge in [0.15, 0.2) is 0 Å². The summed E-state index contributed by atoms with van der Waals surface area (Å²) in [6, 6.07) is 0. The molecule has 0 saturated carbocycles. The molecule has 9 heteroatoms. The maximum absolute atomic E-state index is 11.9. The molecule has 0 rings (SSSR count). The Balaban J connectivity index is 3.19. The predicted octanol–water partition coefficient (Wildman–Crippen LogP) is 9.56. The SMILES string of the molecule is CCCCCCCCCCCCCCCC(=O)OCCOCCOCCOCCOCCOCCOC(=O)CCCCCCCCCCC. The van der Waals surface area contributed by atoms with E-state index in [4.69, 9.17) is 33.2 Å². The van der Waals surface area contributed by atoms with Crippen LogP contribution >= 0.6 is 0 Å². The van der Waals surface area contributed by atoms with Crippen molar-refractivity contribution in [2.45, 2.75) is 168 Å². The third kappa shape index (κ3) is 42.8. The second kappa shape index (κ2) is 42.9. The molecule has 0 saturated heterocycles. The zero-order valence-electron chi connectivity index (χ0n) is 32.1. The van der Waals surface area contributed by atoms with E-state index in [-0.39, 0.29) is 18.5 Å². The van der Waals surface area contributed by atoms with E-state index in [1.807, 2.05) is 0 Å². The Hall–Kier alpha value is -1.26.